The molecule has 0 aromatic heterocycles. The summed E-state index contributed by atoms with van der Waals surface area (Å²) >= 11 is 4.81. The fourth-order valence-electron chi connectivity index (χ4n) is 1.98. The van der Waals surface area contributed by atoms with Gasteiger partial charge in [-0.1, -0.05) is 15.9 Å². The first kappa shape index (κ1) is 14.1. The molecule has 1 aliphatic rings. The molecule has 1 N–H and O–H groups in total. The van der Waals surface area contributed by atoms with Crippen LogP contribution in [0.4, 0.5) is 11.4 Å². The zero-order valence-electron chi connectivity index (χ0n) is 9.78. The van der Waals surface area contributed by atoms with Crippen molar-refractivity contribution in [1.29, 1.82) is 0 Å². The van der Waals surface area contributed by atoms with Crippen molar-refractivity contribution in [3.05, 3.63) is 32.8 Å². The number of carboxylic acid groups (broad SMARTS) is 1. The number of hydrogen-bond donors (Lipinski definition) is 1. The van der Waals surface area contributed by atoms with Crippen molar-refractivity contribution >= 4 is 45.0 Å². The van der Waals surface area contributed by atoms with E-state index in [0.717, 1.165) is 5.75 Å². The Morgan fingerprint density at radius 3 is 2.95 bits per heavy atom. The van der Waals surface area contributed by atoms with Gasteiger partial charge >= 0.3 is 5.97 Å². The maximum atomic E-state index is 11.3. The Bertz CT molecular complexity index is 525. The molecule has 0 radical (unpaired) electrons. The summed E-state index contributed by atoms with van der Waals surface area (Å²) in [5.74, 6) is 0.230. The Hall–Kier alpha value is -1.28. The van der Waals surface area contributed by atoms with Gasteiger partial charge in [-0.05, 0) is 12.1 Å². The lowest BCUT2D eigenvalue weighted by atomic mass is 10.2. The van der Waals surface area contributed by atoms with Gasteiger partial charge in [-0.3, -0.25) is 10.1 Å². The molecule has 2 rings (SSSR count). The fraction of sp³-hybridized carbons (Fsp3) is 0.364. The molecule has 1 unspecified atom stereocenters. The van der Waals surface area contributed by atoms with Gasteiger partial charge in [-0.15, -0.1) is 0 Å². The summed E-state index contributed by atoms with van der Waals surface area (Å²) in [6.07, 6.45) is 0. The molecule has 8 heteroatoms. The topological polar surface area (TPSA) is 83.7 Å². The number of thioether (sulfide) groups is 1. The predicted molar refractivity (Wildman–Crippen MR) is 76.9 cm³/mol. The third kappa shape index (κ3) is 3.01. The molecule has 102 valence electrons. The van der Waals surface area contributed by atoms with Crippen molar-refractivity contribution in [2.24, 2.45) is 0 Å². The maximum Gasteiger partial charge on any atom is 0.327 e. The van der Waals surface area contributed by atoms with Gasteiger partial charge in [0.05, 0.1) is 4.92 Å². The summed E-state index contributed by atoms with van der Waals surface area (Å²) in [6, 6.07) is 3.84. The van der Waals surface area contributed by atoms with Gasteiger partial charge < -0.3 is 10.0 Å². The summed E-state index contributed by atoms with van der Waals surface area (Å²) in [7, 11) is 0. The molecule has 1 aromatic rings. The molecule has 1 atom stereocenters. The summed E-state index contributed by atoms with van der Waals surface area (Å²) in [5, 5.41) is 20.3. The summed E-state index contributed by atoms with van der Waals surface area (Å²) in [4.78, 5) is 23.4. The lowest BCUT2D eigenvalue weighted by Gasteiger charge is -2.34. The van der Waals surface area contributed by atoms with Crippen LogP contribution in [-0.4, -0.2) is 40.1 Å². The van der Waals surface area contributed by atoms with Gasteiger partial charge in [0.15, 0.2) is 0 Å². The molecule has 1 aromatic carbocycles. The van der Waals surface area contributed by atoms with E-state index in [-0.39, 0.29) is 5.69 Å². The van der Waals surface area contributed by atoms with Gasteiger partial charge in [0, 0.05) is 28.6 Å². The number of nitro benzene ring substituents is 1. The van der Waals surface area contributed by atoms with Crippen molar-refractivity contribution in [1.82, 2.24) is 0 Å². The van der Waals surface area contributed by atoms with Gasteiger partial charge in [0.25, 0.3) is 5.69 Å². The van der Waals surface area contributed by atoms with E-state index in [0.29, 0.717) is 22.5 Å². The Labute approximate surface area is 122 Å². The number of rotatable bonds is 3. The van der Waals surface area contributed by atoms with Crippen LogP contribution in [0.5, 0.6) is 0 Å². The second kappa shape index (κ2) is 5.79. The first-order chi connectivity index (χ1) is 9.00. The third-order valence-corrected chi connectivity index (χ3v) is 4.37. The monoisotopic (exact) mass is 346 g/mol. The highest BCUT2D eigenvalue weighted by Gasteiger charge is 2.32. The van der Waals surface area contributed by atoms with Crippen LogP contribution in [-0.2, 0) is 4.79 Å². The highest BCUT2D eigenvalue weighted by Crippen LogP contribution is 2.34. The minimum Gasteiger partial charge on any atom is -0.480 e. The van der Waals surface area contributed by atoms with Crippen molar-refractivity contribution in [3.8, 4) is 0 Å². The Morgan fingerprint density at radius 1 is 1.58 bits per heavy atom. The molecule has 0 saturated carbocycles. The predicted octanol–water partition coefficient (Wildman–Crippen LogP) is 2.36. The van der Waals surface area contributed by atoms with Crippen LogP contribution in [0, 0.1) is 10.1 Å². The van der Waals surface area contributed by atoms with E-state index < -0.39 is 16.9 Å². The first-order valence-corrected chi connectivity index (χ1v) is 7.46. The van der Waals surface area contributed by atoms with Crippen LogP contribution in [0.3, 0.4) is 0 Å². The molecule has 1 aliphatic heterocycles. The molecular weight excluding hydrogens is 336 g/mol. The number of benzene rings is 1. The smallest absolute Gasteiger partial charge is 0.327 e. The van der Waals surface area contributed by atoms with E-state index in [1.807, 2.05) is 0 Å². The van der Waals surface area contributed by atoms with Crippen LogP contribution >= 0.6 is 27.7 Å². The van der Waals surface area contributed by atoms with Crippen molar-refractivity contribution in [2.75, 3.05) is 23.0 Å². The molecule has 0 spiro atoms. The van der Waals surface area contributed by atoms with Crippen LogP contribution in [0.2, 0.25) is 0 Å². The highest BCUT2D eigenvalue weighted by atomic mass is 79.9. The number of carboxylic acids is 1. The second-order valence-corrected chi connectivity index (χ2v) is 6.08. The molecule has 19 heavy (non-hydrogen) atoms. The molecule has 6 nitrogen and oxygen atoms in total. The summed E-state index contributed by atoms with van der Waals surface area (Å²) in [5.41, 5.74) is 0.286. The van der Waals surface area contributed by atoms with E-state index in [2.05, 4.69) is 15.9 Å². The third-order valence-electron chi connectivity index (χ3n) is 2.86. The van der Waals surface area contributed by atoms with Crippen molar-refractivity contribution in [2.45, 2.75) is 6.04 Å². The summed E-state index contributed by atoms with van der Waals surface area (Å²) in [6.45, 7) is 0.485. The second-order valence-electron chi connectivity index (χ2n) is 4.01. The Balaban J connectivity index is 2.46. The SMILES string of the molecule is O=C(O)C1CSCCN1c1cc(Br)ccc1[N+](=O)[O-]. The number of halogens is 1. The lowest BCUT2D eigenvalue weighted by Crippen LogP contribution is -2.47. The van der Waals surface area contributed by atoms with E-state index in [4.69, 9.17) is 0 Å². The zero-order valence-corrected chi connectivity index (χ0v) is 12.2. The normalized spacial score (nSPS) is 19.2. The molecule has 0 amide bonds. The van der Waals surface area contributed by atoms with Crippen molar-refractivity contribution < 1.29 is 14.8 Å². The number of anilines is 1. The van der Waals surface area contributed by atoms with Crippen LogP contribution in [0.25, 0.3) is 0 Å². The van der Waals surface area contributed by atoms with E-state index in [9.17, 15) is 20.0 Å². The number of hydrogen-bond acceptors (Lipinski definition) is 5. The molecule has 1 fully saturated rings. The summed E-state index contributed by atoms with van der Waals surface area (Å²) < 4.78 is 0.690. The van der Waals surface area contributed by atoms with Crippen LogP contribution < -0.4 is 4.90 Å². The number of carbonyl (C=O) groups is 1. The number of nitrogens with zero attached hydrogens (tertiary/aromatic N) is 2. The molecule has 0 bridgehead atoms. The first-order valence-electron chi connectivity index (χ1n) is 5.52. The minimum atomic E-state index is -0.957. The largest absolute Gasteiger partial charge is 0.480 e. The molecule has 0 aliphatic carbocycles. The maximum absolute atomic E-state index is 11.3. The van der Waals surface area contributed by atoms with E-state index in [1.54, 1.807) is 28.8 Å². The van der Waals surface area contributed by atoms with Gasteiger partial charge in [-0.2, -0.15) is 11.8 Å². The number of aliphatic carboxylic acids is 1. The quantitative estimate of drug-likeness (QED) is 0.668. The zero-order chi connectivity index (χ0) is 14.0. The van der Waals surface area contributed by atoms with Crippen LogP contribution in [0.15, 0.2) is 22.7 Å². The minimum absolute atomic E-state index is 0.0682. The Morgan fingerprint density at radius 2 is 2.32 bits per heavy atom. The fourth-order valence-corrected chi connectivity index (χ4v) is 3.36. The van der Waals surface area contributed by atoms with Gasteiger partial charge in [0.2, 0.25) is 0 Å². The van der Waals surface area contributed by atoms with Crippen LogP contribution in [0.1, 0.15) is 0 Å². The average molecular weight is 347 g/mol. The lowest BCUT2D eigenvalue weighted by molar-refractivity contribution is -0.384. The number of nitro groups is 1. The average Bonchev–Trinajstić information content (AvgIpc) is 2.38. The van der Waals surface area contributed by atoms with Crippen molar-refractivity contribution in [3.63, 3.8) is 0 Å². The molecule has 1 saturated heterocycles. The molecular formula is C11H11BrN2O4S. The van der Waals surface area contributed by atoms with E-state index in [1.165, 1.54) is 6.07 Å². The Kier molecular flexibility index (Phi) is 4.31. The van der Waals surface area contributed by atoms with Gasteiger partial charge in [-0.25, -0.2) is 4.79 Å². The molecule has 1 heterocycles. The van der Waals surface area contributed by atoms with Gasteiger partial charge in [0.1, 0.15) is 11.7 Å². The van der Waals surface area contributed by atoms with E-state index >= 15 is 0 Å². The highest BCUT2D eigenvalue weighted by molar-refractivity contribution is 9.10. The standard InChI is InChI=1S/C11H11BrN2O4S/c12-7-1-2-8(14(17)18)9(5-7)13-3-4-19-6-10(13)11(15)16/h1-2,5,10H,3-4,6H2,(H,15,16).